The summed E-state index contributed by atoms with van der Waals surface area (Å²) in [5, 5.41) is 13.0. The fourth-order valence-electron chi connectivity index (χ4n) is 3.42. The fourth-order valence-corrected chi connectivity index (χ4v) is 4.24. The van der Waals surface area contributed by atoms with Crippen LogP contribution in [-0.4, -0.2) is 57.5 Å². The Labute approximate surface area is 142 Å². The van der Waals surface area contributed by atoms with Crippen molar-refractivity contribution in [3.63, 3.8) is 0 Å². The van der Waals surface area contributed by atoms with Crippen molar-refractivity contribution in [1.29, 1.82) is 0 Å². The second-order valence-corrected chi connectivity index (χ2v) is 7.47. The number of nitrogens with one attached hydrogen (secondary N) is 1. The van der Waals surface area contributed by atoms with Crippen LogP contribution in [0.3, 0.4) is 0 Å². The van der Waals surface area contributed by atoms with Gasteiger partial charge in [0.2, 0.25) is 5.91 Å². The third-order valence-electron chi connectivity index (χ3n) is 4.81. The van der Waals surface area contributed by atoms with E-state index in [-0.39, 0.29) is 5.91 Å². The Hall–Kier alpha value is -1.08. The number of likely N-dealkylation sites (tertiary alicyclic amines) is 1. The van der Waals surface area contributed by atoms with Crippen LogP contribution < -0.4 is 5.32 Å². The van der Waals surface area contributed by atoms with Gasteiger partial charge < -0.3 is 14.8 Å². The van der Waals surface area contributed by atoms with Crippen molar-refractivity contribution >= 4 is 17.7 Å². The molecule has 0 unspecified atom stereocenters. The number of thioether (sulfide) groups is 1. The van der Waals surface area contributed by atoms with Gasteiger partial charge in [-0.3, -0.25) is 4.79 Å². The Kier molecular flexibility index (Phi) is 5.94. The first kappa shape index (κ1) is 16.8. The topological polar surface area (TPSA) is 63.1 Å². The van der Waals surface area contributed by atoms with Crippen LogP contribution in [0.2, 0.25) is 0 Å². The molecule has 2 saturated heterocycles. The molecule has 3 heterocycles. The molecule has 3 rings (SSSR count). The normalized spacial score (nSPS) is 22.8. The van der Waals surface area contributed by atoms with Crippen molar-refractivity contribution in [2.75, 3.05) is 31.9 Å². The molecule has 0 saturated carbocycles. The summed E-state index contributed by atoms with van der Waals surface area (Å²) in [6.07, 6.45) is 7.13. The lowest BCUT2D eigenvalue weighted by Crippen LogP contribution is -2.33. The SMILES string of the molecule is Cn1c(SCC(=O)N2CCCCCC2)nnc1[C@H]1CCCNC1. The Morgan fingerprint density at radius 3 is 2.70 bits per heavy atom. The van der Waals surface area contributed by atoms with Gasteiger partial charge in [-0.25, -0.2) is 0 Å². The van der Waals surface area contributed by atoms with Crippen LogP contribution in [-0.2, 0) is 11.8 Å². The quantitative estimate of drug-likeness (QED) is 0.849. The molecule has 6 nitrogen and oxygen atoms in total. The average Bonchev–Trinajstić information content (AvgIpc) is 2.79. The van der Waals surface area contributed by atoms with Gasteiger partial charge in [0, 0.05) is 32.6 Å². The zero-order chi connectivity index (χ0) is 16.1. The Morgan fingerprint density at radius 1 is 1.22 bits per heavy atom. The molecule has 1 aromatic rings. The predicted molar refractivity (Wildman–Crippen MR) is 91.6 cm³/mol. The van der Waals surface area contributed by atoms with E-state index in [2.05, 4.69) is 20.1 Å². The molecule has 0 aliphatic carbocycles. The monoisotopic (exact) mass is 337 g/mol. The summed E-state index contributed by atoms with van der Waals surface area (Å²) in [4.78, 5) is 14.4. The van der Waals surface area contributed by atoms with E-state index in [4.69, 9.17) is 0 Å². The van der Waals surface area contributed by atoms with E-state index in [1.165, 1.54) is 31.0 Å². The standard InChI is InChI=1S/C16H27N5OS/c1-20-15(13-7-6-8-17-11-13)18-19-16(20)23-12-14(22)21-9-4-2-3-5-10-21/h13,17H,2-12H2,1H3/t13-/m0/s1. The molecule has 1 N–H and O–H groups in total. The molecule has 0 aromatic carbocycles. The summed E-state index contributed by atoms with van der Waals surface area (Å²) in [6, 6.07) is 0. The number of rotatable bonds is 4. The number of nitrogens with zero attached hydrogens (tertiary/aromatic N) is 4. The fraction of sp³-hybridized carbons (Fsp3) is 0.812. The molecule has 2 aliphatic rings. The number of carbonyl (C=O) groups is 1. The number of hydrogen-bond acceptors (Lipinski definition) is 5. The van der Waals surface area contributed by atoms with Crippen molar-refractivity contribution in [3.05, 3.63) is 5.82 Å². The van der Waals surface area contributed by atoms with Gasteiger partial charge in [-0.1, -0.05) is 24.6 Å². The second kappa shape index (κ2) is 8.15. The van der Waals surface area contributed by atoms with Gasteiger partial charge in [-0.05, 0) is 32.2 Å². The molecule has 7 heteroatoms. The predicted octanol–water partition coefficient (Wildman–Crippen LogP) is 1.78. The molecule has 2 aliphatic heterocycles. The Morgan fingerprint density at radius 2 is 2.00 bits per heavy atom. The molecular weight excluding hydrogens is 310 g/mol. The largest absolute Gasteiger partial charge is 0.342 e. The number of amides is 1. The van der Waals surface area contributed by atoms with Crippen LogP contribution in [0.1, 0.15) is 50.3 Å². The third-order valence-corrected chi connectivity index (χ3v) is 5.82. The molecular formula is C16H27N5OS. The van der Waals surface area contributed by atoms with E-state index in [0.717, 1.165) is 56.4 Å². The summed E-state index contributed by atoms with van der Waals surface area (Å²) < 4.78 is 2.07. The lowest BCUT2D eigenvalue weighted by Gasteiger charge is -2.22. The Balaban J connectivity index is 1.55. The van der Waals surface area contributed by atoms with E-state index in [9.17, 15) is 4.79 Å². The van der Waals surface area contributed by atoms with Crippen molar-refractivity contribution in [2.24, 2.45) is 7.05 Å². The average molecular weight is 337 g/mol. The van der Waals surface area contributed by atoms with Crippen molar-refractivity contribution < 1.29 is 4.79 Å². The van der Waals surface area contributed by atoms with Crippen molar-refractivity contribution in [3.8, 4) is 0 Å². The van der Waals surface area contributed by atoms with Crippen LogP contribution in [0, 0.1) is 0 Å². The molecule has 0 spiro atoms. The van der Waals surface area contributed by atoms with E-state index in [1.807, 2.05) is 11.9 Å². The lowest BCUT2D eigenvalue weighted by atomic mass is 9.99. The molecule has 1 aromatic heterocycles. The van der Waals surface area contributed by atoms with Gasteiger partial charge in [0.05, 0.1) is 5.75 Å². The maximum absolute atomic E-state index is 12.4. The molecule has 128 valence electrons. The van der Waals surface area contributed by atoms with Gasteiger partial charge in [-0.2, -0.15) is 0 Å². The van der Waals surface area contributed by atoms with E-state index in [1.54, 1.807) is 0 Å². The molecule has 1 amide bonds. The number of carbonyl (C=O) groups excluding carboxylic acids is 1. The molecule has 0 bridgehead atoms. The smallest absolute Gasteiger partial charge is 0.233 e. The van der Waals surface area contributed by atoms with Gasteiger partial charge >= 0.3 is 0 Å². The highest BCUT2D eigenvalue weighted by atomic mass is 32.2. The van der Waals surface area contributed by atoms with Crippen LogP contribution >= 0.6 is 11.8 Å². The minimum atomic E-state index is 0.237. The van der Waals surface area contributed by atoms with Gasteiger partial charge in [0.15, 0.2) is 5.16 Å². The number of aromatic nitrogens is 3. The summed E-state index contributed by atoms with van der Waals surface area (Å²) in [7, 11) is 2.02. The number of hydrogen-bond donors (Lipinski definition) is 1. The Bertz CT molecular complexity index is 519. The van der Waals surface area contributed by atoms with Gasteiger partial charge in [0.25, 0.3) is 0 Å². The summed E-state index contributed by atoms with van der Waals surface area (Å²) in [5.74, 6) is 2.19. The highest BCUT2D eigenvalue weighted by Gasteiger charge is 2.22. The first-order valence-electron chi connectivity index (χ1n) is 8.76. The molecule has 23 heavy (non-hydrogen) atoms. The minimum absolute atomic E-state index is 0.237. The second-order valence-electron chi connectivity index (χ2n) is 6.53. The summed E-state index contributed by atoms with van der Waals surface area (Å²) >= 11 is 1.52. The highest BCUT2D eigenvalue weighted by molar-refractivity contribution is 7.99. The van der Waals surface area contributed by atoms with Crippen molar-refractivity contribution in [2.45, 2.75) is 49.6 Å². The van der Waals surface area contributed by atoms with Crippen molar-refractivity contribution in [1.82, 2.24) is 25.0 Å². The summed E-state index contributed by atoms with van der Waals surface area (Å²) in [6.45, 7) is 3.90. The van der Waals surface area contributed by atoms with E-state index in [0.29, 0.717) is 11.7 Å². The van der Waals surface area contributed by atoms with Crippen LogP contribution in [0.15, 0.2) is 5.16 Å². The lowest BCUT2D eigenvalue weighted by molar-refractivity contribution is -0.128. The van der Waals surface area contributed by atoms with Crippen LogP contribution in [0.5, 0.6) is 0 Å². The number of piperidine rings is 1. The summed E-state index contributed by atoms with van der Waals surface area (Å²) in [5.41, 5.74) is 0. The van der Waals surface area contributed by atoms with Gasteiger partial charge in [-0.15, -0.1) is 10.2 Å². The van der Waals surface area contributed by atoms with E-state index >= 15 is 0 Å². The van der Waals surface area contributed by atoms with Gasteiger partial charge in [0.1, 0.15) is 5.82 Å². The first-order chi connectivity index (χ1) is 11.3. The minimum Gasteiger partial charge on any atom is -0.342 e. The zero-order valence-corrected chi connectivity index (χ0v) is 14.8. The highest BCUT2D eigenvalue weighted by Crippen LogP contribution is 2.25. The molecule has 1 atom stereocenters. The van der Waals surface area contributed by atoms with Crippen LogP contribution in [0.25, 0.3) is 0 Å². The third kappa shape index (κ3) is 4.26. The maximum atomic E-state index is 12.4. The zero-order valence-electron chi connectivity index (χ0n) is 14.0. The first-order valence-corrected chi connectivity index (χ1v) is 9.75. The van der Waals surface area contributed by atoms with Crippen LogP contribution in [0.4, 0.5) is 0 Å². The van der Waals surface area contributed by atoms with E-state index < -0.39 is 0 Å². The molecule has 2 fully saturated rings. The molecule has 0 radical (unpaired) electrons. The maximum Gasteiger partial charge on any atom is 0.233 e.